The van der Waals surface area contributed by atoms with Crippen molar-refractivity contribution in [2.75, 3.05) is 0 Å². The largest absolute Gasteiger partial charge is 0.506 e. The molecule has 0 aliphatic carbocycles. The fourth-order valence-corrected chi connectivity index (χ4v) is 1.54. The minimum Gasteiger partial charge on any atom is -0.506 e. The third-order valence-electron chi connectivity index (χ3n) is 2.18. The molecular weight excluding hydrogens is 249 g/mol. The average molecular weight is 262 g/mol. The summed E-state index contributed by atoms with van der Waals surface area (Å²) in [6.45, 7) is 3.89. The van der Waals surface area contributed by atoms with E-state index in [1.165, 1.54) is 12.1 Å². The first kappa shape index (κ1) is 11.5. The Bertz CT molecular complexity index is 341. The molecule has 0 aliphatic heterocycles. The van der Waals surface area contributed by atoms with E-state index >= 15 is 0 Å². The Morgan fingerprint density at radius 1 is 1.43 bits per heavy atom. The van der Waals surface area contributed by atoms with E-state index in [0.717, 1.165) is 0 Å². The molecule has 0 radical (unpaired) electrons. The zero-order valence-electron chi connectivity index (χ0n) is 8.09. The number of hydrogen-bond donors (Lipinski definition) is 2. The highest BCUT2D eigenvalue weighted by molar-refractivity contribution is 9.10. The van der Waals surface area contributed by atoms with Crippen molar-refractivity contribution in [3.05, 3.63) is 28.0 Å². The van der Waals surface area contributed by atoms with E-state index in [-0.39, 0.29) is 22.2 Å². The lowest BCUT2D eigenvalue weighted by atomic mass is 9.96. The van der Waals surface area contributed by atoms with Crippen molar-refractivity contribution in [3.63, 3.8) is 0 Å². The molecule has 3 N–H and O–H groups in total. The smallest absolute Gasteiger partial charge is 0.141 e. The van der Waals surface area contributed by atoms with Crippen LogP contribution in [0.25, 0.3) is 0 Å². The molecule has 0 bridgehead atoms. The van der Waals surface area contributed by atoms with Gasteiger partial charge in [0, 0.05) is 11.6 Å². The summed E-state index contributed by atoms with van der Waals surface area (Å²) >= 11 is 2.97. The van der Waals surface area contributed by atoms with Crippen molar-refractivity contribution >= 4 is 15.9 Å². The first-order valence-electron chi connectivity index (χ1n) is 4.37. The third-order valence-corrected chi connectivity index (χ3v) is 2.93. The van der Waals surface area contributed by atoms with E-state index in [1.54, 1.807) is 0 Å². The molecule has 14 heavy (non-hydrogen) atoms. The van der Waals surface area contributed by atoms with Crippen LogP contribution in [-0.4, -0.2) is 5.11 Å². The number of aromatic hydroxyl groups is 1. The van der Waals surface area contributed by atoms with Crippen molar-refractivity contribution in [3.8, 4) is 5.75 Å². The molecule has 0 saturated heterocycles. The van der Waals surface area contributed by atoms with Gasteiger partial charge < -0.3 is 10.8 Å². The van der Waals surface area contributed by atoms with Gasteiger partial charge in [0.1, 0.15) is 11.6 Å². The SMILES string of the molecule is CC(C)C(N)c1ccc(F)c(Br)c1O. The molecule has 1 aromatic carbocycles. The van der Waals surface area contributed by atoms with E-state index < -0.39 is 5.82 Å². The lowest BCUT2D eigenvalue weighted by Gasteiger charge is -2.17. The highest BCUT2D eigenvalue weighted by atomic mass is 79.9. The van der Waals surface area contributed by atoms with Crippen molar-refractivity contribution in [2.24, 2.45) is 11.7 Å². The summed E-state index contributed by atoms with van der Waals surface area (Å²) in [5.74, 6) is -0.397. The Hall–Kier alpha value is -0.610. The van der Waals surface area contributed by atoms with Gasteiger partial charge in [0.25, 0.3) is 0 Å². The zero-order chi connectivity index (χ0) is 10.9. The van der Waals surface area contributed by atoms with Crippen LogP contribution in [0, 0.1) is 11.7 Å². The predicted octanol–water partition coefficient (Wildman–Crippen LogP) is 2.95. The second kappa shape index (κ2) is 4.28. The van der Waals surface area contributed by atoms with Gasteiger partial charge >= 0.3 is 0 Å². The quantitative estimate of drug-likeness (QED) is 0.860. The first-order chi connectivity index (χ1) is 6.45. The highest BCUT2D eigenvalue weighted by Crippen LogP contribution is 2.35. The van der Waals surface area contributed by atoms with Gasteiger partial charge in [-0.25, -0.2) is 4.39 Å². The Morgan fingerprint density at radius 2 is 2.00 bits per heavy atom. The Balaban J connectivity index is 3.17. The maximum absolute atomic E-state index is 13.0. The third kappa shape index (κ3) is 2.07. The van der Waals surface area contributed by atoms with Crippen LogP contribution in [0.15, 0.2) is 16.6 Å². The van der Waals surface area contributed by atoms with E-state index in [9.17, 15) is 9.50 Å². The molecule has 1 atom stereocenters. The Labute approximate surface area is 91.1 Å². The van der Waals surface area contributed by atoms with Crippen LogP contribution >= 0.6 is 15.9 Å². The first-order valence-corrected chi connectivity index (χ1v) is 5.17. The monoisotopic (exact) mass is 261 g/mol. The van der Waals surface area contributed by atoms with E-state index in [0.29, 0.717) is 5.56 Å². The molecular formula is C10H13BrFNO. The van der Waals surface area contributed by atoms with Gasteiger partial charge in [0.15, 0.2) is 0 Å². The summed E-state index contributed by atoms with van der Waals surface area (Å²) < 4.78 is 13.1. The van der Waals surface area contributed by atoms with Crippen molar-refractivity contribution in [2.45, 2.75) is 19.9 Å². The van der Waals surface area contributed by atoms with Crippen molar-refractivity contribution in [1.82, 2.24) is 0 Å². The topological polar surface area (TPSA) is 46.2 Å². The molecule has 78 valence electrons. The van der Waals surface area contributed by atoms with Crippen LogP contribution in [0.2, 0.25) is 0 Å². The van der Waals surface area contributed by atoms with Crippen LogP contribution in [0.3, 0.4) is 0 Å². The van der Waals surface area contributed by atoms with Crippen LogP contribution in [0.1, 0.15) is 25.5 Å². The number of nitrogens with two attached hydrogens (primary N) is 1. The molecule has 1 unspecified atom stereocenters. The molecule has 1 aromatic rings. The molecule has 0 fully saturated rings. The zero-order valence-corrected chi connectivity index (χ0v) is 9.68. The molecule has 0 spiro atoms. The summed E-state index contributed by atoms with van der Waals surface area (Å²) in [4.78, 5) is 0. The van der Waals surface area contributed by atoms with Crippen LogP contribution in [0.5, 0.6) is 5.75 Å². The molecule has 0 heterocycles. The van der Waals surface area contributed by atoms with Gasteiger partial charge in [-0.1, -0.05) is 19.9 Å². The second-order valence-electron chi connectivity index (χ2n) is 3.57. The minimum atomic E-state index is -0.484. The summed E-state index contributed by atoms with van der Waals surface area (Å²) in [5, 5.41) is 9.63. The van der Waals surface area contributed by atoms with Gasteiger partial charge in [-0.2, -0.15) is 0 Å². The van der Waals surface area contributed by atoms with Gasteiger partial charge in [-0.05, 0) is 27.9 Å². The summed E-state index contributed by atoms with van der Waals surface area (Å²) in [6, 6.07) is 2.52. The number of rotatable bonds is 2. The Kier molecular flexibility index (Phi) is 3.50. The van der Waals surface area contributed by atoms with Crippen LogP contribution in [-0.2, 0) is 0 Å². The molecule has 0 aromatic heterocycles. The van der Waals surface area contributed by atoms with Crippen LogP contribution < -0.4 is 5.73 Å². The minimum absolute atomic E-state index is 0.0751. The molecule has 0 saturated carbocycles. The standard InChI is InChI=1S/C10H13BrFNO/c1-5(2)9(13)6-3-4-7(12)8(11)10(6)14/h3-5,9,14H,13H2,1-2H3. The van der Waals surface area contributed by atoms with Gasteiger partial charge in [0.05, 0.1) is 4.47 Å². The Morgan fingerprint density at radius 3 is 2.50 bits per heavy atom. The second-order valence-corrected chi connectivity index (χ2v) is 4.36. The van der Waals surface area contributed by atoms with Gasteiger partial charge in [-0.15, -0.1) is 0 Å². The molecule has 4 heteroatoms. The summed E-state index contributed by atoms with van der Waals surface area (Å²) in [6.07, 6.45) is 0. The number of phenols is 1. The summed E-state index contributed by atoms with van der Waals surface area (Å²) in [5.41, 5.74) is 6.42. The maximum Gasteiger partial charge on any atom is 0.141 e. The fraction of sp³-hybridized carbons (Fsp3) is 0.400. The van der Waals surface area contributed by atoms with Crippen molar-refractivity contribution < 1.29 is 9.50 Å². The summed E-state index contributed by atoms with van der Waals surface area (Å²) in [7, 11) is 0. The van der Waals surface area contributed by atoms with E-state index in [2.05, 4.69) is 15.9 Å². The van der Waals surface area contributed by atoms with Gasteiger partial charge in [-0.3, -0.25) is 0 Å². The number of benzene rings is 1. The normalized spacial score (nSPS) is 13.3. The van der Waals surface area contributed by atoms with E-state index in [4.69, 9.17) is 5.73 Å². The average Bonchev–Trinajstić information content (AvgIpc) is 2.13. The molecule has 1 rings (SSSR count). The fourth-order valence-electron chi connectivity index (χ4n) is 1.18. The molecule has 0 aliphatic rings. The predicted molar refractivity (Wildman–Crippen MR) is 57.5 cm³/mol. The number of hydrogen-bond acceptors (Lipinski definition) is 2. The highest BCUT2D eigenvalue weighted by Gasteiger charge is 2.18. The molecule has 0 amide bonds. The lowest BCUT2D eigenvalue weighted by Crippen LogP contribution is -2.17. The number of phenolic OH excluding ortho intramolecular Hbond substituents is 1. The van der Waals surface area contributed by atoms with Crippen LogP contribution in [0.4, 0.5) is 4.39 Å². The van der Waals surface area contributed by atoms with E-state index in [1.807, 2.05) is 13.8 Å². The van der Waals surface area contributed by atoms with Crippen molar-refractivity contribution in [1.29, 1.82) is 0 Å². The lowest BCUT2D eigenvalue weighted by molar-refractivity contribution is 0.431. The number of halogens is 2. The maximum atomic E-state index is 13.0. The molecule has 2 nitrogen and oxygen atoms in total. The van der Waals surface area contributed by atoms with Gasteiger partial charge in [0.2, 0.25) is 0 Å².